The molecule has 1 aromatic heterocycles. The van der Waals surface area contributed by atoms with Crippen LogP contribution in [0.1, 0.15) is 55.1 Å². The third kappa shape index (κ3) is 6.93. The van der Waals surface area contributed by atoms with E-state index in [2.05, 4.69) is 22.5 Å². The van der Waals surface area contributed by atoms with Gasteiger partial charge in [-0.2, -0.15) is 0 Å². The summed E-state index contributed by atoms with van der Waals surface area (Å²) >= 11 is 0. The second kappa shape index (κ2) is 15.5. The lowest BCUT2D eigenvalue weighted by atomic mass is 9.63. The lowest BCUT2D eigenvalue weighted by Crippen LogP contribution is -2.57. The molecule has 0 aliphatic carbocycles. The number of phenolic OH excluding ortho intramolecular Hbond substituents is 2. The number of benzene rings is 2. The van der Waals surface area contributed by atoms with Crippen LogP contribution < -0.4 is 32.3 Å². The van der Waals surface area contributed by atoms with E-state index in [9.17, 15) is 35.1 Å². The fourth-order valence-electron chi connectivity index (χ4n) is 8.33. The van der Waals surface area contributed by atoms with Crippen LogP contribution in [0.3, 0.4) is 0 Å². The van der Waals surface area contributed by atoms with Crippen LogP contribution in [0.25, 0.3) is 11.0 Å². The monoisotopic (exact) mass is 778 g/mol. The minimum atomic E-state index is -1.59. The van der Waals surface area contributed by atoms with E-state index in [0.717, 1.165) is 11.6 Å². The molecule has 5 heterocycles. The number of fused-ring (bicyclic) bond motifs is 3. The Hall–Kier alpha value is -5.98. The standard InChI is InChI=1S/C43H46N4O10/c1-3-24(20-48)41(54)56-32-18-30-38(53)35-31(52)17-29(21-49)55-40(35)36-37(25-11-13-46-34(45)15-25)43(22-50,27-6-4-8-28(51)16-27)12-5-7-26(42(32,2)57-39(30)36)14-23-9-10-33(44)47-19-23/h3-4,6,8-11,15-17,19,26,32-33,37,46-51,53H,7,13-14,18,20-22,44-45H2,1-2H3. The number of dihydropyridines is 2. The van der Waals surface area contributed by atoms with E-state index in [0.29, 0.717) is 23.4 Å². The fourth-order valence-corrected chi connectivity index (χ4v) is 8.33. The first-order valence-corrected chi connectivity index (χ1v) is 18.7. The van der Waals surface area contributed by atoms with Crippen LogP contribution in [0.5, 0.6) is 17.2 Å². The Balaban J connectivity index is 1.62. The quantitative estimate of drug-likeness (QED) is 0.0861. The molecular formula is C43H46N4O10. The van der Waals surface area contributed by atoms with Crippen LogP contribution in [-0.4, -0.2) is 69.1 Å². The van der Waals surface area contributed by atoms with Crippen molar-refractivity contribution in [3.05, 3.63) is 122 Å². The summed E-state index contributed by atoms with van der Waals surface area (Å²) < 4.78 is 19.7. The molecule has 298 valence electrons. The summed E-state index contributed by atoms with van der Waals surface area (Å²) in [5, 5.41) is 61.0. The molecule has 11 N–H and O–H groups in total. The Morgan fingerprint density at radius 3 is 2.67 bits per heavy atom. The number of phenols is 2. The number of allylic oxidation sites excluding steroid dienone is 5. The summed E-state index contributed by atoms with van der Waals surface area (Å²) in [6.45, 7) is 1.83. The number of aliphatic hydroxyl groups excluding tert-OH is 3. The van der Waals surface area contributed by atoms with Gasteiger partial charge in [0.25, 0.3) is 0 Å². The molecule has 0 saturated heterocycles. The predicted molar refractivity (Wildman–Crippen MR) is 210 cm³/mol. The zero-order chi connectivity index (χ0) is 40.6. The highest BCUT2D eigenvalue weighted by Gasteiger charge is 2.54. The van der Waals surface area contributed by atoms with E-state index in [1.54, 1.807) is 44.3 Å². The molecule has 4 aliphatic rings. The summed E-state index contributed by atoms with van der Waals surface area (Å²) in [6, 6.07) is 7.45. The van der Waals surface area contributed by atoms with Gasteiger partial charge in [-0.1, -0.05) is 36.3 Å². The van der Waals surface area contributed by atoms with E-state index in [1.807, 2.05) is 12.2 Å². The summed E-state index contributed by atoms with van der Waals surface area (Å²) in [4.78, 5) is 27.6. The normalized spacial score (nSPS) is 26.7. The van der Waals surface area contributed by atoms with E-state index in [-0.39, 0.29) is 64.3 Å². The Kier molecular flexibility index (Phi) is 10.7. The molecule has 6 atom stereocenters. The van der Waals surface area contributed by atoms with Gasteiger partial charge in [-0.25, -0.2) is 4.79 Å². The highest BCUT2D eigenvalue weighted by atomic mass is 16.6. The average Bonchev–Trinajstić information content (AvgIpc) is 3.19. The van der Waals surface area contributed by atoms with E-state index >= 15 is 0 Å². The van der Waals surface area contributed by atoms with Crippen molar-refractivity contribution in [3.63, 3.8) is 0 Å². The third-order valence-electron chi connectivity index (χ3n) is 11.4. The number of carbonyl (C=O) groups excluding carboxylic acids is 1. The van der Waals surface area contributed by atoms with Gasteiger partial charge in [0.05, 0.1) is 36.2 Å². The number of hydrogen-bond donors (Lipinski definition) is 9. The van der Waals surface area contributed by atoms with Crippen LogP contribution in [0.4, 0.5) is 0 Å². The van der Waals surface area contributed by atoms with Crippen LogP contribution in [0.15, 0.2) is 98.7 Å². The van der Waals surface area contributed by atoms with Gasteiger partial charge in [-0.05, 0) is 61.3 Å². The maximum absolute atomic E-state index is 14.0. The van der Waals surface area contributed by atoms with Crippen LogP contribution >= 0.6 is 0 Å². The second-order valence-electron chi connectivity index (χ2n) is 14.8. The minimum absolute atomic E-state index is 0.0124. The molecule has 2 aromatic carbocycles. The number of rotatable bonds is 9. The Morgan fingerprint density at radius 2 is 2.00 bits per heavy atom. The Morgan fingerprint density at radius 1 is 1.19 bits per heavy atom. The maximum atomic E-state index is 14.0. The average molecular weight is 779 g/mol. The molecule has 57 heavy (non-hydrogen) atoms. The van der Waals surface area contributed by atoms with Crippen molar-refractivity contribution in [1.82, 2.24) is 10.6 Å². The largest absolute Gasteiger partial charge is 0.508 e. The minimum Gasteiger partial charge on any atom is -0.508 e. The topological polar surface area (TPSA) is 243 Å². The van der Waals surface area contributed by atoms with Crippen LogP contribution in [-0.2, 0) is 28.0 Å². The zero-order valence-electron chi connectivity index (χ0n) is 31.5. The maximum Gasteiger partial charge on any atom is 0.336 e. The van der Waals surface area contributed by atoms with Gasteiger partial charge in [0.1, 0.15) is 52.3 Å². The summed E-state index contributed by atoms with van der Waals surface area (Å²) in [5.41, 5.74) is 10.8. The smallest absolute Gasteiger partial charge is 0.336 e. The molecule has 0 saturated carbocycles. The molecule has 6 unspecified atom stereocenters. The molecule has 3 aromatic rings. The number of esters is 1. The molecule has 0 amide bonds. The van der Waals surface area contributed by atoms with Gasteiger partial charge >= 0.3 is 5.97 Å². The van der Waals surface area contributed by atoms with Crippen LogP contribution in [0.2, 0.25) is 0 Å². The first-order valence-electron chi connectivity index (χ1n) is 18.7. The van der Waals surface area contributed by atoms with Crippen molar-refractivity contribution >= 4 is 16.9 Å². The van der Waals surface area contributed by atoms with Gasteiger partial charge < -0.3 is 61.5 Å². The first-order chi connectivity index (χ1) is 27.4. The van der Waals surface area contributed by atoms with Crippen molar-refractivity contribution in [2.24, 2.45) is 17.4 Å². The molecule has 7 rings (SSSR count). The molecule has 14 nitrogen and oxygen atoms in total. The van der Waals surface area contributed by atoms with Crippen molar-refractivity contribution in [2.45, 2.75) is 68.9 Å². The summed E-state index contributed by atoms with van der Waals surface area (Å²) in [5.74, 6) is 4.10. The molecule has 0 fully saturated rings. The van der Waals surface area contributed by atoms with Crippen molar-refractivity contribution in [2.75, 3.05) is 19.8 Å². The molecule has 2 bridgehead atoms. The van der Waals surface area contributed by atoms with Gasteiger partial charge in [0.15, 0.2) is 5.43 Å². The molecule has 0 radical (unpaired) electrons. The van der Waals surface area contributed by atoms with E-state index < -0.39 is 72.1 Å². The summed E-state index contributed by atoms with van der Waals surface area (Å²) in [6.07, 6.45) is 9.27. The van der Waals surface area contributed by atoms with E-state index in [4.69, 9.17) is 25.4 Å². The number of aromatic hydroxyl groups is 2. The summed E-state index contributed by atoms with van der Waals surface area (Å²) in [7, 11) is 0. The van der Waals surface area contributed by atoms with Crippen molar-refractivity contribution in [3.8, 4) is 29.1 Å². The highest BCUT2D eigenvalue weighted by molar-refractivity contribution is 5.92. The van der Waals surface area contributed by atoms with E-state index in [1.165, 1.54) is 18.2 Å². The Bertz CT molecular complexity index is 2400. The molecule has 4 aliphatic heterocycles. The van der Waals surface area contributed by atoms with Gasteiger partial charge in [0, 0.05) is 54.6 Å². The number of ether oxygens (including phenoxy) is 2. The fraction of sp³-hybridized carbons (Fsp3) is 0.349. The number of nitrogens with one attached hydrogen (secondary N) is 2. The first kappa shape index (κ1) is 39.3. The molecule has 0 spiro atoms. The van der Waals surface area contributed by atoms with Gasteiger partial charge in [-0.3, -0.25) is 4.79 Å². The Labute approximate surface area is 328 Å². The number of nitrogens with two attached hydrogens (primary N) is 2. The van der Waals surface area contributed by atoms with Crippen molar-refractivity contribution in [1.29, 1.82) is 0 Å². The van der Waals surface area contributed by atoms with Gasteiger partial charge in [-0.15, -0.1) is 5.92 Å². The number of aliphatic hydroxyl groups is 3. The second-order valence-corrected chi connectivity index (χ2v) is 14.8. The van der Waals surface area contributed by atoms with Crippen LogP contribution in [0, 0.1) is 17.8 Å². The predicted octanol–water partition coefficient (Wildman–Crippen LogP) is 2.33. The number of hydrogen-bond acceptors (Lipinski definition) is 14. The lowest BCUT2D eigenvalue weighted by molar-refractivity contribution is -0.165. The van der Waals surface area contributed by atoms with Gasteiger partial charge in [0.2, 0.25) is 0 Å². The molecular weight excluding hydrogens is 732 g/mol. The highest BCUT2D eigenvalue weighted by Crippen LogP contribution is 2.57. The van der Waals surface area contributed by atoms with Crippen molar-refractivity contribution < 1.29 is 44.2 Å². The molecule has 14 heteroatoms. The lowest BCUT2D eigenvalue weighted by Gasteiger charge is -2.48. The SMILES string of the molecule is CC=C(CO)C(=O)OC1Cc2c3c(c4oc(CO)cc(=O)c4c2O)C(C2=CCNC(N)=C2)C(CO)(c2cccc(O)c2)C#CCC(CC2=CNC(N)C=C2)C1(C)O3. The zero-order valence-corrected chi connectivity index (χ0v) is 31.5. The third-order valence-corrected chi connectivity index (χ3v) is 11.4. The number of carbonyl (C=O) groups is 1.